The minimum atomic E-state index is -0.411. The molecule has 0 saturated heterocycles. The van der Waals surface area contributed by atoms with Crippen molar-refractivity contribution in [2.45, 2.75) is 19.8 Å². The number of carbonyl (C=O) groups is 1. The van der Waals surface area contributed by atoms with E-state index in [1.807, 2.05) is 13.8 Å². The first kappa shape index (κ1) is 13.8. The topological polar surface area (TPSA) is 111 Å². The van der Waals surface area contributed by atoms with Crippen LogP contribution in [0.4, 0.5) is 11.6 Å². The molecular formula is C11H16N8O. The average Bonchev–Trinajstić information content (AvgIpc) is 2.83. The van der Waals surface area contributed by atoms with Gasteiger partial charge in [0.05, 0.1) is 18.9 Å². The zero-order chi connectivity index (χ0) is 14.7. The number of hydrogen-bond donors (Lipinski definition) is 2. The van der Waals surface area contributed by atoms with Crippen molar-refractivity contribution in [2.24, 2.45) is 7.05 Å². The Balaban J connectivity index is 2.29. The van der Waals surface area contributed by atoms with E-state index in [0.29, 0.717) is 11.5 Å². The van der Waals surface area contributed by atoms with Gasteiger partial charge in [0.25, 0.3) is 11.9 Å². The first-order valence-corrected chi connectivity index (χ1v) is 6.11. The monoisotopic (exact) mass is 276 g/mol. The van der Waals surface area contributed by atoms with Gasteiger partial charge in [-0.25, -0.2) is 9.97 Å². The van der Waals surface area contributed by atoms with Gasteiger partial charge in [-0.2, -0.15) is 4.80 Å². The van der Waals surface area contributed by atoms with Crippen LogP contribution in [0.25, 0.3) is 0 Å². The standard InChI is InChI=1S/C11H16N8O/c1-6(2)9-13-5-7(12-3)8(14-9)10(20)15-11-16-18-19(4)17-11/h5-6,12H,1-4H3,(H,15,17,20). The zero-order valence-electron chi connectivity index (χ0n) is 11.7. The van der Waals surface area contributed by atoms with Crippen LogP contribution in [0.15, 0.2) is 6.20 Å². The number of anilines is 2. The van der Waals surface area contributed by atoms with Crippen LogP contribution >= 0.6 is 0 Å². The first-order valence-electron chi connectivity index (χ1n) is 6.11. The van der Waals surface area contributed by atoms with Crippen molar-refractivity contribution in [1.82, 2.24) is 30.2 Å². The predicted molar refractivity (Wildman–Crippen MR) is 72.4 cm³/mol. The Morgan fingerprint density at radius 1 is 1.40 bits per heavy atom. The van der Waals surface area contributed by atoms with E-state index in [0.717, 1.165) is 0 Å². The maximum Gasteiger partial charge on any atom is 0.278 e. The number of rotatable bonds is 4. The highest BCUT2D eigenvalue weighted by atomic mass is 16.2. The number of tetrazole rings is 1. The van der Waals surface area contributed by atoms with Crippen LogP contribution < -0.4 is 10.6 Å². The molecule has 2 rings (SSSR count). The van der Waals surface area contributed by atoms with Crippen molar-refractivity contribution in [1.29, 1.82) is 0 Å². The Morgan fingerprint density at radius 2 is 2.15 bits per heavy atom. The number of hydrogen-bond acceptors (Lipinski definition) is 7. The number of nitrogens with zero attached hydrogens (tertiary/aromatic N) is 6. The second-order valence-corrected chi connectivity index (χ2v) is 4.45. The van der Waals surface area contributed by atoms with E-state index in [-0.39, 0.29) is 17.6 Å². The van der Waals surface area contributed by atoms with Crippen LogP contribution in [0.2, 0.25) is 0 Å². The lowest BCUT2D eigenvalue weighted by molar-refractivity contribution is 0.102. The molecule has 1 amide bonds. The minimum absolute atomic E-state index is 0.127. The largest absolute Gasteiger partial charge is 0.385 e. The molecule has 0 bridgehead atoms. The highest BCUT2D eigenvalue weighted by Gasteiger charge is 2.17. The predicted octanol–water partition coefficient (Wildman–Crippen LogP) is 0.417. The van der Waals surface area contributed by atoms with Crippen molar-refractivity contribution in [2.75, 3.05) is 17.7 Å². The fourth-order valence-corrected chi connectivity index (χ4v) is 1.52. The normalized spacial score (nSPS) is 10.7. The summed E-state index contributed by atoms with van der Waals surface area (Å²) in [7, 11) is 3.31. The summed E-state index contributed by atoms with van der Waals surface area (Å²) in [5.41, 5.74) is 0.787. The molecule has 2 aromatic rings. The molecule has 0 aliphatic heterocycles. The van der Waals surface area contributed by atoms with Gasteiger partial charge >= 0.3 is 0 Å². The summed E-state index contributed by atoms with van der Waals surface area (Å²) in [5, 5.41) is 16.7. The molecule has 2 aromatic heterocycles. The molecule has 106 valence electrons. The number of nitrogens with one attached hydrogen (secondary N) is 2. The molecule has 0 spiro atoms. The maximum atomic E-state index is 12.2. The summed E-state index contributed by atoms with van der Waals surface area (Å²) >= 11 is 0. The second-order valence-electron chi connectivity index (χ2n) is 4.45. The van der Waals surface area contributed by atoms with E-state index in [1.54, 1.807) is 20.3 Å². The van der Waals surface area contributed by atoms with E-state index in [4.69, 9.17) is 0 Å². The molecule has 2 N–H and O–H groups in total. The summed E-state index contributed by atoms with van der Waals surface area (Å²) in [5.74, 6) is 0.444. The SMILES string of the molecule is CNc1cnc(C(C)C)nc1C(=O)Nc1nnn(C)n1. The Bertz CT molecular complexity index is 621. The third kappa shape index (κ3) is 2.87. The zero-order valence-corrected chi connectivity index (χ0v) is 11.7. The summed E-state index contributed by atoms with van der Waals surface area (Å²) in [4.78, 5) is 22.0. The average molecular weight is 276 g/mol. The Kier molecular flexibility index (Phi) is 3.87. The summed E-state index contributed by atoms with van der Waals surface area (Å²) in [6.07, 6.45) is 1.58. The van der Waals surface area contributed by atoms with Crippen molar-refractivity contribution in [3.05, 3.63) is 17.7 Å². The Labute approximate surface area is 115 Å². The number of aromatic nitrogens is 6. The minimum Gasteiger partial charge on any atom is -0.385 e. The third-order valence-corrected chi connectivity index (χ3v) is 2.54. The molecule has 9 nitrogen and oxygen atoms in total. The van der Waals surface area contributed by atoms with Gasteiger partial charge in [-0.05, 0) is 5.21 Å². The van der Waals surface area contributed by atoms with Crippen molar-refractivity contribution < 1.29 is 4.79 Å². The van der Waals surface area contributed by atoms with Gasteiger partial charge in [0.15, 0.2) is 5.69 Å². The van der Waals surface area contributed by atoms with Crippen LogP contribution in [0.3, 0.4) is 0 Å². The highest BCUT2D eigenvalue weighted by molar-refractivity contribution is 6.05. The highest BCUT2D eigenvalue weighted by Crippen LogP contribution is 2.16. The molecule has 0 radical (unpaired) electrons. The summed E-state index contributed by atoms with van der Waals surface area (Å²) in [6.45, 7) is 3.92. The van der Waals surface area contributed by atoms with Gasteiger partial charge in [0, 0.05) is 13.0 Å². The van der Waals surface area contributed by atoms with Gasteiger partial charge < -0.3 is 5.32 Å². The van der Waals surface area contributed by atoms with Gasteiger partial charge in [-0.15, -0.1) is 5.10 Å². The van der Waals surface area contributed by atoms with Crippen LogP contribution in [0.5, 0.6) is 0 Å². The van der Waals surface area contributed by atoms with Gasteiger partial charge in [-0.3, -0.25) is 10.1 Å². The number of amides is 1. The van der Waals surface area contributed by atoms with Crippen LogP contribution in [-0.4, -0.2) is 43.1 Å². The quantitative estimate of drug-likeness (QED) is 0.832. The molecular weight excluding hydrogens is 260 g/mol. The van der Waals surface area contributed by atoms with E-state index in [2.05, 4.69) is 36.0 Å². The molecule has 0 aliphatic rings. The second kappa shape index (κ2) is 5.59. The van der Waals surface area contributed by atoms with Crippen LogP contribution in [-0.2, 0) is 7.05 Å². The van der Waals surface area contributed by atoms with Crippen LogP contribution in [0.1, 0.15) is 36.1 Å². The lowest BCUT2D eigenvalue weighted by atomic mass is 10.2. The van der Waals surface area contributed by atoms with Crippen molar-refractivity contribution >= 4 is 17.5 Å². The van der Waals surface area contributed by atoms with Gasteiger partial charge in [-0.1, -0.05) is 18.9 Å². The van der Waals surface area contributed by atoms with Crippen LogP contribution in [0, 0.1) is 0 Å². The number of aryl methyl sites for hydroxylation is 1. The molecule has 0 atom stereocenters. The molecule has 20 heavy (non-hydrogen) atoms. The van der Waals surface area contributed by atoms with E-state index >= 15 is 0 Å². The Hall–Kier alpha value is -2.58. The molecule has 0 saturated carbocycles. The summed E-state index contributed by atoms with van der Waals surface area (Å²) < 4.78 is 0. The molecule has 0 fully saturated rings. The van der Waals surface area contributed by atoms with Crippen molar-refractivity contribution in [3.63, 3.8) is 0 Å². The maximum absolute atomic E-state index is 12.2. The van der Waals surface area contributed by atoms with E-state index < -0.39 is 5.91 Å². The van der Waals surface area contributed by atoms with Gasteiger partial charge in [0.1, 0.15) is 5.82 Å². The van der Waals surface area contributed by atoms with E-state index in [1.165, 1.54) is 4.80 Å². The molecule has 0 aliphatic carbocycles. The van der Waals surface area contributed by atoms with Gasteiger partial charge in [0.2, 0.25) is 0 Å². The van der Waals surface area contributed by atoms with Crippen molar-refractivity contribution in [3.8, 4) is 0 Å². The molecule has 9 heteroatoms. The Morgan fingerprint density at radius 3 is 2.70 bits per heavy atom. The molecule has 2 heterocycles. The molecule has 0 unspecified atom stereocenters. The number of carbonyl (C=O) groups excluding carboxylic acids is 1. The third-order valence-electron chi connectivity index (χ3n) is 2.54. The molecule has 0 aromatic carbocycles. The fourth-order valence-electron chi connectivity index (χ4n) is 1.52. The lowest BCUT2D eigenvalue weighted by Crippen LogP contribution is -2.18. The van der Waals surface area contributed by atoms with E-state index in [9.17, 15) is 4.79 Å². The smallest absolute Gasteiger partial charge is 0.278 e. The fraction of sp³-hybridized carbons (Fsp3) is 0.455. The first-order chi connectivity index (χ1) is 9.51. The summed E-state index contributed by atoms with van der Waals surface area (Å²) in [6, 6.07) is 0. The lowest BCUT2D eigenvalue weighted by Gasteiger charge is -2.10.